The van der Waals surface area contributed by atoms with E-state index < -0.39 is 5.82 Å². The van der Waals surface area contributed by atoms with Gasteiger partial charge in [0.1, 0.15) is 0 Å². The Labute approximate surface area is 126 Å². The van der Waals surface area contributed by atoms with Crippen molar-refractivity contribution in [2.75, 3.05) is 0 Å². The topological polar surface area (TPSA) is 32.3 Å². The minimum atomic E-state index is -0.592. The lowest BCUT2D eigenvalue weighted by Gasteiger charge is -2.27. The number of phenols is 1. The van der Waals surface area contributed by atoms with Crippen LogP contribution in [-0.4, -0.2) is 5.11 Å². The second-order valence-electron chi connectivity index (χ2n) is 5.23. The summed E-state index contributed by atoms with van der Waals surface area (Å²) < 4.78 is 14.3. The van der Waals surface area contributed by atoms with Crippen LogP contribution < -0.4 is 5.32 Å². The largest absolute Gasteiger partial charge is 0.505 e. The predicted octanol–water partition coefficient (Wildman–Crippen LogP) is 4.32. The Morgan fingerprint density at radius 2 is 1.80 bits per heavy atom. The van der Waals surface area contributed by atoms with E-state index in [0.717, 1.165) is 10.0 Å². The number of phenolic OH excluding ortho intramolecular Hbond substituents is 1. The summed E-state index contributed by atoms with van der Waals surface area (Å²) in [5, 5.41) is 13.0. The van der Waals surface area contributed by atoms with Crippen molar-refractivity contribution < 1.29 is 9.50 Å². The molecule has 0 saturated heterocycles. The fourth-order valence-corrected chi connectivity index (χ4v) is 2.25. The molecule has 0 fully saturated rings. The van der Waals surface area contributed by atoms with Gasteiger partial charge in [0, 0.05) is 22.1 Å². The number of nitrogens with one attached hydrogen (secondary N) is 1. The molecule has 0 spiro atoms. The van der Waals surface area contributed by atoms with Gasteiger partial charge in [0.15, 0.2) is 11.6 Å². The number of hydrogen-bond donors (Lipinski definition) is 2. The van der Waals surface area contributed by atoms with E-state index >= 15 is 0 Å². The lowest BCUT2D eigenvalue weighted by atomic mass is 9.94. The van der Waals surface area contributed by atoms with Crippen LogP contribution in [-0.2, 0) is 12.1 Å². The molecule has 0 aromatic heterocycles. The Hall–Kier alpha value is -1.39. The first-order valence-corrected chi connectivity index (χ1v) is 7.17. The fraction of sp³-hybridized carbons (Fsp3) is 0.250. The quantitative estimate of drug-likeness (QED) is 0.870. The first kappa shape index (κ1) is 15.0. The Morgan fingerprint density at radius 1 is 1.15 bits per heavy atom. The van der Waals surface area contributed by atoms with Crippen molar-refractivity contribution in [2.45, 2.75) is 25.9 Å². The van der Waals surface area contributed by atoms with E-state index in [0.29, 0.717) is 12.1 Å². The van der Waals surface area contributed by atoms with E-state index in [1.54, 1.807) is 12.1 Å². The molecule has 106 valence electrons. The molecule has 0 atom stereocenters. The summed E-state index contributed by atoms with van der Waals surface area (Å²) >= 11 is 3.41. The minimum Gasteiger partial charge on any atom is -0.505 e. The molecule has 0 heterocycles. The number of para-hydroxylation sites is 1. The highest BCUT2D eigenvalue weighted by molar-refractivity contribution is 9.10. The fourth-order valence-electron chi connectivity index (χ4n) is 1.99. The maximum absolute atomic E-state index is 13.3. The molecule has 4 heteroatoms. The highest BCUT2D eigenvalue weighted by atomic mass is 79.9. The average molecular weight is 338 g/mol. The smallest absolute Gasteiger partial charge is 0.165 e. The first-order valence-electron chi connectivity index (χ1n) is 6.37. The van der Waals surface area contributed by atoms with Gasteiger partial charge < -0.3 is 10.4 Å². The highest BCUT2D eigenvalue weighted by Gasteiger charge is 2.20. The van der Waals surface area contributed by atoms with Crippen LogP contribution in [0.4, 0.5) is 4.39 Å². The molecule has 2 aromatic rings. The Kier molecular flexibility index (Phi) is 4.45. The maximum Gasteiger partial charge on any atom is 0.165 e. The third-order valence-electron chi connectivity index (χ3n) is 3.36. The van der Waals surface area contributed by atoms with Gasteiger partial charge >= 0.3 is 0 Å². The zero-order valence-corrected chi connectivity index (χ0v) is 13.0. The van der Waals surface area contributed by atoms with Crippen LogP contribution in [0, 0.1) is 5.82 Å². The average Bonchev–Trinajstić information content (AvgIpc) is 2.41. The molecule has 0 radical (unpaired) electrons. The molecule has 0 unspecified atom stereocenters. The normalized spacial score (nSPS) is 11.6. The number of rotatable bonds is 4. The van der Waals surface area contributed by atoms with Gasteiger partial charge in [-0.25, -0.2) is 4.39 Å². The van der Waals surface area contributed by atoms with Crippen LogP contribution in [0.25, 0.3) is 0 Å². The summed E-state index contributed by atoms with van der Waals surface area (Å²) in [5.41, 5.74) is 1.39. The molecule has 0 aliphatic rings. The van der Waals surface area contributed by atoms with E-state index in [1.165, 1.54) is 6.07 Å². The van der Waals surface area contributed by atoms with E-state index in [1.807, 2.05) is 38.1 Å². The Morgan fingerprint density at radius 3 is 2.45 bits per heavy atom. The van der Waals surface area contributed by atoms with Crippen molar-refractivity contribution in [3.8, 4) is 5.75 Å². The summed E-state index contributed by atoms with van der Waals surface area (Å²) in [6, 6.07) is 12.6. The van der Waals surface area contributed by atoms with Crippen LogP contribution in [0.3, 0.4) is 0 Å². The lowest BCUT2D eigenvalue weighted by molar-refractivity contribution is 0.384. The number of benzene rings is 2. The summed E-state index contributed by atoms with van der Waals surface area (Å²) in [4.78, 5) is 0. The standard InChI is InChI=1S/C16H17BrFNO/c1-16(2,12-6-8-13(17)9-7-12)19-10-11-4-3-5-14(18)15(11)20/h3-9,19-20H,10H2,1-2H3. The van der Waals surface area contributed by atoms with E-state index in [-0.39, 0.29) is 11.3 Å². The van der Waals surface area contributed by atoms with Gasteiger partial charge in [-0.15, -0.1) is 0 Å². The van der Waals surface area contributed by atoms with Crippen molar-refractivity contribution in [3.63, 3.8) is 0 Å². The molecular formula is C16H17BrFNO. The number of hydrogen-bond acceptors (Lipinski definition) is 2. The molecule has 0 amide bonds. The van der Waals surface area contributed by atoms with Crippen LogP contribution in [0.5, 0.6) is 5.75 Å². The van der Waals surface area contributed by atoms with Crippen molar-refractivity contribution in [1.82, 2.24) is 5.32 Å². The molecule has 2 N–H and O–H groups in total. The van der Waals surface area contributed by atoms with Crippen molar-refractivity contribution in [1.29, 1.82) is 0 Å². The molecule has 2 rings (SSSR count). The summed E-state index contributed by atoms with van der Waals surface area (Å²) in [6.07, 6.45) is 0. The van der Waals surface area contributed by atoms with Gasteiger partial charge in [0.05, 0.1) is 0 Å². The Bertz CT molecular complexity index is 596. The molecule has 0 saturated carbocycles. The van der Waals surface area contributed by atoms with Crippen LogP contribution in [0.2, 0.25) is 0 Å². The highest BCUT2D eigenvalue weighted by Crippen LogP contribution is 2.25. The van der Waals surface area contributed by atoms with E-state index in [9.17, 15) is 9.50 Å². The van der Waals surface area contributed by atoms with Gasteiger partial charge in [0.25, 0.3) is 0 Å². The lowest BCUT2D eigenvalue weighted by Crippen LogP contribution is -2.35. The van der Waals surface area contributed by atoms with Gasteiger partial charge in [0.2, 0.25) is 0 Å². The van der Waals surface area contributed by atoms with Crippen molar-refractivity contribution in [3.05, 3.63) is 63.9 Å². The molecule has 20 heavy (non-hydrogen) atoms. The van der Waals surface area contributed by atoms with E-state index in [2.05, 4.69) is 21.2 Å². The SMILES string of the molecule is CC(C)(NCc1cccc(F)c1O)c1ccc(Br)cc1. The van der Waals surface area contributed by atoms with Gasteiger partial charge in [-0.3, -0.25) is 0 Å². The number of halogens is 2. The molecule has 2 nitrogen and oxygen atoms in total. The predicted molar refractivity (Wildman–Crippen MR) is 82.1 cm³/mol. The van der Waals surface area contributed by atoms with E-state index in [4.69, 9.17) is 0 Å². The van der Waals surface area contributed by atoms with Gasteiger partial charge in [-0.2, -0.15) is 0 Å². The Balaban J connectivity index is 2.12. The van der Waals surface area contributed by atoms with Crippen LogP contribution in [0.1, 0.15) is 25.0 Å². The van der Waals surface area contributed by atoms with Gasteiger partial charge in [-0.05, 0) is 37.6 Å². The first-order chi connectivity index (χ1) is 9.40. The molecule has 0 aliphatic heterocycles. The summed E-state index contributed by atoms with van der Waals surface area (Å²) in [6.45, 7) is 4.49. The molecule has 0 aliphatic carbocycles. The third kappa shape index (κ3) is 3.38. The molecule has 0 bridgehead atoms. The second kappa shape index (κ2) is 5.94. The van der Waals surface area contributed by atoms with Gasteiger partial charge in [-0.1, -0.05) is 40.2 Å². The van der Waals surface area contributed by atoms with Crippen molar-refractivity contribution in [2.24, 2.45) is 0 Å². The minimum absolute atomic E-state index is 0.278. The monoisotopic (exact) mass is 337 g/mol. The van der Waals surface area contributed by atoms with Crippen LogP contribution in [0.15, 0.2) is 46.9 Å². The maximum atomic E-state index is 13.3. The number of aromatic hydroxyl groups is 1. The summed E-state index contributed by atoms with van der Waals surface area (Å²) in [5.74, 6) is -0.877. The third-order valence-corrected chi connectivity index (χ3v) is 3.89. The second-order valence-corrected chi connectivity index (χ2v) is 6.15. The molecular weight excluding hydrogens is 321 g/mol. The van der Waals surface area contributed by atoms with Crippen LogP contribution >= 0.6 is 15.9 Å². The molecule has 2 aromatic carbocycles. The summed E-state index contributed by atoms with van der Waals surface area (Å²) in [7, 11) is 0. The zero-order valence-electron chi connectivity index (χ0n) is 11.5. The van der Waals surface area contributed by atoms with Crippen molar-refractivity contribution >= 4 is 15.9 Å². The zero-order chi connectivity index (χ0) is 14.8.